The molecular weight excluding hydrogens is 310 g/mol. The Bertz CT molecular complexity index is 591. The van der Waals surface area contributed by atoms with Crippen molar-refractivity contribution in [2.24, 2.45) is 0 Å². The molecule has 2 amide bonds. The zero-order chi connectivity index (χ0) is 17.5. The van der Waals surface area contributed by atoms with Gasteiger partial charge in [-0.3, -0.25) is 14.5 Å². The first-order chi connectivity index (χ1) is 11.6. The largest absolute Gasteiger partial charge is 0.493 e. The first-order valence-electron chi connectivity index (χ1n) is 8.08. The van der Waals surface area contributed by atoms with Crippen molar-refractivity contribution < 1.29 is 19.1 Å². The molecule has 1 aliphatic heterocycles. The number of benzene rings is 1. The van der Waals surface area contributed by atoms with Crippen molar-refractivity contribution in [3.63, 3.8) is 0 Å². The molecule has 1 fully saturated rings. The third kappa shape index (κ3) is 4.38. The highest BCUT2D eigenvalue weighted by atomic mass is 16.5. The van der Waals surface area contributed by atoms with E-state index in [0.717, 1.165) is 5.56 Å². The Balaban J connectivity index is 2.12. The molecule has 1 saturated heterocycles. The average molecular weight is 335 g/mol. The average Bonchev–Trinajstić information content (AvgIpc) is 2.58. The van der Waals surface area contributed by atoms with Crippen LogP contribution < -0.4 is 20.1 Å². The molecule has 7 heteroatoms. The molecule has 0 aliphatic carbocycles. The van der Waals surface area contributed by atoms with Gasteiger partial charge >= 0.3 is 0 Å². The molecule has 0 bridgehead atoms. The standard InChI is InChI=1S/C17H25N3O4/c1-4-18-16(21)10-13-17(22)19-7-8-20(13)11-12-5-6-14(23-2)15(9-12)24-3/h5-6,9,13H,4,7-8,10-11H2,1-3H3,(H,18,21)(H,19,22)/t13-/m0/s1. The quantitative estimate of drug-likeness (QED) is 0.760. The number of nitrogens with one attached hydrogen (secondary N) is 2. The van der Waals surface area contributed by atoms with Crippen molar-refractivity contribution in [2.75, 3.05) is 33.9 Å². The highest BCUT2D eigenvalue weighted by molar-refractivity contribution is 5.88. The first kappa shape index (κ1) is 18.1. The third-order valence-electron chi connectivity index (χ3n) is 4.03. The predicted octanol–water partition coefficient (Wildman–Crippen LogP) is 0.530. The fraction of sp³-hybridized carbons (Fsp3) is 0.529. The Morgan fingerprint density at radius 2 is 2.08 bits per heavy atom. The van der Waals surface area contributed by atoms with Crippen LogP contribution in [0.5, 0.6) is 11.5 Å². The number of nitrogens with zero attached hydrogens (tertiary/aromatic N) is 1. The van der Waals surface area contributed by atoms with E-state index >= 15 is 0 Å². The Kier molecular flexibility index (Phi) is 6.43. The molecule has 7 nitrogen and oxygen atoms in total. The fourth-order valence-corrected chi connectivity index (χ4v) is 2.83. The van der Waals surface area contributed by atoms with Crippen LogP contribution in [0.1, 0.15) is 18.9 Å². The summed E-state index contributed by atoms with van der Waals surface area (Å²) >= 11 is 0. The topological polar surface area (TPSA) is 79.9 Å². The van der Waals surface area contributed by atoms with E-state index < -0.39 is 6.04 Å². The molecule has 0 spiro atoms. The van der Waals surface area contributed by atoms with Crippen LogP contribution in [0.4, 0.5) is 0 Å². The summed E-state index contributed by atoms with van der Waals surface area (Å²) in [6.45, 7) is 4.27. The van der Waals surface area contributed by atoms with Gasteiger partial charge in [0, 0.05) is 26.2 Å². The maximum atomic E-state index is 12.2. The highest BCUT2D eigenvalue weighted by Crippen LogP contribution is 2.28. The molecule has 1 aromatic carbocycles. The molecule has 1 aromatic rings. The molecule has 0 aromatic heterocycles. The lowest BCUT2D eigenvalue weighted by Gasteiger charge is -2.34. The number of ether oxygens (including phenoxy) is 2. The van der Waals surface area contributed by atoms with Crippen LogP contribution in [0.3, 0.4) is 0 Å². The lowest BCUT2D eigenvalue weighted by molar-refractivity contribution is -0.134. The minimum Gasteiger partial charge on any atom is -0.493 e. The van der Waals surface area contributed by atoms with E-state index in [1.165, 1.54) is 0 Å². The number of hydrogen-bond donors (Lipinski definition) is 2. The van der Waals surface area contributed by atoms with E-state index in [-0.39, 0.29) is 18.2 Å². The Hall–Kier alpha value is -2.28. The van der Waals surface area contributed by atoms with Gasteiger partial charge in [0.25, 0.3) is 0 Å². The zero-order valence-electron chi connectivity index (χ0n) is 14.4. The van der Waals surface area contributed by atoms with E-state index in [1.54, 1.807) is 14.2 Å². The number of carbonyl (C=O) groups is 2. The Labute approximate surface area is 142 Å². The number of rotatable bonds is 7. The number of carbonyl (C=O) groups excluding carboxylic acids is 2. The van der Waals surface area contributed by atoms with Gasteiger partial charge in [0.2, 0.25) is 11.8 Å². The molecule has 1 aliphatic rings. The van der Waals surface area contributed by atoms with Gasteiger partial charge in [-0.05, 0) is 24.6 Å². The zero-order valence-corrected chi connectivity index (χ0v) is 14.4. The van der Waals surface area contributed by atoms with Crippen LogP contribution in [0, 0.1) is 0 Å². The van der Waals surface area contributed by atoms with Crippen molar-refractivity contribution in [1.82, 2.24) is 15.5 Å². The van der Waals surface area contributed by atoms with Gasteiger partial charge in [0.05, 0.1) is 26.7 Å². The Morgan fingerprint density at radius 1 is 1.33 bits per heavy atom. The minimum atomic E-state index is -0.460. The SMILES string of the molecule is CCNC(=O)C[C@H]1C(=O)NCCN1Cc1ccc(OC)c(OC)c1. The Morgan fingerprint density at radius 3 is 2.75 bits per heavy atom. The smallest absolute Gasteiger partial charge is 0.237 e. The van der Waals surface area contributed by atoms with Gasteiger partial charge in [-0.1, -0.05) is 6.07 Å². The maximum absolute atomic E-state index is 12.2. The van der Waals surface area contributed by atoms with Crippen LogP contribution in [0.2, 0.25) is 0 Å². The van der Waals surface area contributed by atoms with Gasteiger partial charge in [-0.15, -0.1) is 0 Å². The molecule has 1 heterocycles. The summed E-state index contributed by atoms with van der Waals surface area (Å²) < 4.78 is 10.6. The summed E-state index contributed by atoms with van der Waals surface area (Å²) in [5, 5.41) is 5.58. The van der Waals surface area contributed by atoms with Crippen LogP contribution in [0.15, 0.2) is 18.2 Å². The molecule has 132 valence electrons. The van der Waals surface area contributed by atoms with Gasteiger partial charge in [-0.25, -0.2) is 0 Å². The first-order valence-corrected chi connectivity index (χ1v) is 8.08. The van der Waals surface area contributed by atoms with Gasteiger partial charge in [-0.2, -0.15) is 0 Å². The van der Waals surface area contributed by atoms with E-state index in [0.29, 0.717) is 37.7 Å². The van der Waals surface area contributed by atoms with Crippen LogP contribution in [0.25, 0.3) is 0 Å². The van der Waals surface area contributed by atoms with Gasteiger partial charge in [0.15, 0.2) is 11.5 Å². The molecular formula is C17H25N3O4. The second-order valence-electron chi connectivity index (χ2n) is 5.62. The van der Waals surface area contributed by atoms with Crippen LogP contribution >= 0.6 is 0 Å². The summed E-state index contributed by atoms with van der Waals surface area (Å²) in [5.41, 5.74) is 1.00. The van der Waals surface area contributed by atoms with Crippen LogP contribution in [-0.2, 0) is 16.1 Å². The van der Waals surface area contributed by atoms with Crippen molar-refractivity contribution in [3.8, 4) is 11.5 Å². The summed E-state index contributed by atoms with van der Waals surface area (Å²) in [6, 6.07) is 5.22. The molecule has 0 saturated carbocycles. The molecule has 1 atom stereocenters. The molecule has 2 rings (SSSR count). The number of amides is 2. The third-order valence-corrected chi connectivity index (χ3v) is 4.03. The lowest BCUT2D eigenvalue weighted by Crippen LogP contribution is -2.56. The predicted molar refractivity (Wildman–Crippen MR) is 90.1 cm³/mol. The number of methoxy groups -OCH3 is 2. The van der Waals surface area contributed by atoms with E-state index in [4.69, 9.17) is 9.47 Å². The van der Waals surface area contributed by atoms with E-state index in [2.05, 4.69) is 10.6 Å². The second-order valence-corrected chi connectivity index (χ2v) is 5.62. The van der Waals surface area contributed by atoms with E-state index in [9.17, 15) is 9.59 Å². The number of hydrogen-bond acceptors (Lipinski definition) is 5. The molecule has 0 unspecified atom stereocenters. The van der Waals surface area contributed by atoms with Crippen molar-refractivity contribution in [2.45, 2.75) is 25.9 Å². The summed E-state index contributed by atoms with van der Waals surface area (Å²) in [5.74, 6) is 1.10. The van der Waals surface area contributed by atoms with Crippen molar-refractivity contribution in [1.29, 1.82) is 0 Å². The minimum absolute atomic E-state index is 0.104. The second kappa shape index (κ2) is 8.54. The highest BCUT2D eigenvalue weighted by Gasteiger charge is 2.31. The lowest BCUT2D eigenvalue weighted by atomic mass is 10.1. The number of piperazine rings is 1. The van der Waals surface area contributed by atoms with Crippen LogP contribution in [-0.4, -0.2) is 56.6 Å². The van der Waals surface area contributed by atoms with Gasteiger partial charge in [0.1, 0.15) is 0 Å². The molecule has 24 heavy (non-hydrogen) atoms. The molecule has 0 radical (unpaired) electrons. The summed E-state index contributed by atoms with van der Waals surface area (Å²) in [4.78, 5) is 26.1. The summed E-state index contributed by atoms with van der Waals surface area (Å²) in [7, 11) is 3.18. The normalized spacial score (nSPS) is 18.0. The van der Waals surface area contributed by atoms with Crippen molar-refractivity contribution in [3.05, 3.63) is 23.8 Å². The fourth-order valence-electron chi connectivity index (χ4n) is 2.83. The summed E-state index contributed by atoms with van der Waals surface area (Å²) in [6.07, 6.45) is 0.160. The van der Waals surface area contributed by atoms with E-state index in [1.807, 2.05) is 30.0 Å². The van der Waals surface area contributed by atoms with Gasteiger partial charge < -0.3 is 20.1 Å². The maximum Gasteiger partial charge on any atom is 0.237 e. The van der Waals surface area contributed by atoms with Crippen molar-refractivity contribution >= 4 is 11.8 Å². The monoisotopic (exact) mass is 335 g/mol. The molecule has 2 N–H and O–H groups in total.